The van der Waals surface area contributed by atoms with Crippen LogP contribution in [0.25, 0.3) is 0 Å². The minimum Gasteiger partial charge on any atom is -0.343 e. The summed E-state index contributed by atoms with van der Waals surface area (Å²) < 4.78 is 2.82. The van der Waals surface area contributed by atoms with Gasteiger partial charge in [0.15, 0.2) is 0 Å². The van der Waals surface area contributed by atoms with Gasteiger partial charge in [-0.05, 0) is 53.7 Å². The quantitative estimate of drug-likeness (QED) is 0.881. The highest BCUT2D eigenvalue weighted by Crippen LogP contribution is 2.17. The lowest BCUT2D eigenvalue weighted by molar-refractivity contribution is 0.101. The maximum atomic E-state index is 12.3. The van der Waals surface area contributed by atoms with Gasteiger partial charge in [0, 0.05) is 29.4 Å². The highest BCUT2D eigenvalue weighted by atomic mass is 79.9. The Morgan fingerprint density at radius 1 is 1.30 bits per heavy atom. The van der Waals surface area contributed by atoms with E-state index in [9.17, 15) is 4.79 Å². The van der Waals surface area contributed by atoms with Crippen LogP contribution in [0.15, 0.2) is 41.0 Å². The molecule has 0 aliphatic rings. The molecule has 0 aliphatic heterocycles. The van der Waals surface area contributed by atoms with Crippen molar-refractivity contribution < 1.29 is 4.79 Å². The molecule has 0 atom stereocenters. The number of halogens is 1. The second-order valence-electron chi connectivity index (χ2n) is 4.51. The molecular weight excluding hydrogens is 318 g/mol. The topological polar surface area (TPSA) is 46.1 Å². The molecule has 0 fully saturated rings. The van der Waals surface area contributed by atoms with Gasteiger partial charge in [0.25, 0.3) is 5.91 Å². The van der Waals surface area contributed by atoms with E-state index in [1.807, 2.05) is 55.1 Å². The van der Waals surface area contributed by atoms with Crippen LogP contribution in [0.1, 0.15) is 23.0 Å². The minimum absolute atomic E-state index is 0.0982. The van der Waals surface area contributed by atoms with Crippen LogP contribution in [0.3, 0.4) is 0 Å². The first kappa shape index (κ1) is 14.8. The fourth-order valence-corrected chi connectivity index (χ4v) is 2.50. The second kappa shape index (κ2) is 6.72. The van der Waals surface area contributed by atoms with Crippen LogP contribution in [0.5, 0.6) is 0 Å². The number of carbonyl (C=O) groups excluding carboxylic acids is 1. The molecule has 0 saturated heterocycles. The molecule has 1 heterocycles. The number of nitrogens with one attached hydrogen (secondary N) is 2. The summed E-state index contributed by atoms with van der Waals surface area (Å²) in [5, 5.41) is 6.01. The van der Waals surface area contributed by atoms with Gasteiger partial charge in [0.1, 0.15) is 5.69 Å². The first-order valence-electron chi connectivity index (χ1n) is 6.54. The molecule has 4 nitrogen and oxygen atoms in total. The molecule has 1 aromatic heterocycles. The van der Waals surface area contributed by atoms with Crippen molar-refractivity contribution >= 4 is 27.5 Å². The molecular formula is C15H18BrN3O. The van der Waals surface area contributed by atoms with Gasteiger partial charge in [-0.3, -0.25) is 4.79 Å². The first-order valence-corrected chi connectivity index (χ1v) is 7.34. The van der Waals surface area contributed by atoms with Crippen molar-refractivity contribution in [3.05, 3.63) is 52.3 Å². The number of aromatic nitrogens is 1. The lowest BCUT2D eigenvalue weighted by Crippen LogP contribution is -2.16. The van der Waals surface area contributed by atoms with Crippen molar-refractivity contribution in [3.63, 3.8) is 0 Å². The predicted octanol–water partition coefficient (Wildman–Crippen LogP) is 3.24. The average Bonchev–Trinajstić information content (AvgIpc) is 2.82. The van der Waals surface area contributed by atoms with Crippen LogP contribution in [-0.4, -0.2) is 17.5 Å². The Morgan fingerprint density at radius 2 is 2.00 bits per heavy atom. The standard InChI is InChI=1S/C15H18BrN3O/c1-3-19-10-12(16)8-14(19)15(20)18-13-6-4-11(5-7-13)9-17-2/h4-8,10,17H,3,9H2,1-2H3,(H,18,20). The lowest BCUT2D eigenvalue weighted by Gasteiger charge is -2.08. The fraction of sp³-hybridized carbons (Fsp3) is 0.267. The number of anilines is 1. The van der Waals surface area contributed by atoms with Crippen LogP contribution in [-0.2, 0) is 13.1 Å². The summed E-state index contributed by atoms with van der Waals surface area (Å²) in [7, 11) is 1.91. The molecule has 5 heteroatoms. The van der Waals surface area contributed by atoms with Crippen LogP contribution < -0.4 is 10.6 Å². The molecule has 0 spiro atoms. The summed E-state index contributed by atoms with van der Waals surface area (Å²) in [6.07, 6.45) is 1.91. The van der Waals surface area contributed by atoms with Gasteiger partial charge in [-0.1, -0.05) is 12.1 Å². The van der Waals surface area contributed by atoms with Gasteiger partial charge in [0.2, 0.25) is 0 Å². The van der Waals surface area contributed by atoms with Gasteiger partial charge >= 0.3 is 0 Å². The Bertz CT molecular complexity index is 590. The Hall–Kier alpha value is -1.59. The fourth-order valence-electron chi connectivity index (χ4n) is 2.03. The van der Waals surface area contributed by atoms with Gasteiger partial charge in [-0.15, -0.1) is 0 Å². The summed E-state index contributed by atoms with van der Waals surface area (Å²) in [5.41, 5.74) is 2.64. The van der Waals surface area contributed by atoms with Gasteiger partial charge in [0.05, 0.1) is 0 Å². The van der Waals surface area contributed by atoms with E-state index in [1.165, 1.54) is 5.56 Å². The maximum absolute atomic E-state index is 12.3. The number of rotatable bonds is 5. The third kappa shape index (κ3) is 3.49. The van der Waals surface area contributed by atoms with E-state index in [4.69, 9.17) is 0 Å². The molecule has 0 unspecified atom stereocenters. The second-order valence-corrected chi connectivity index (χ2v) is 5.43. The van der Waals surface area contributed by atoms with Crippen molar-refractivity contribution in [1.29, 1.82) is 0 Å². The normalized spacial score (nSPS) is 10.6. The molecule has 2 rings (SSSR count). The van der Waals surface area contributed by atoms with Crippen LogP contribution >= 0.6 is 15.9 Å². The summed E-state index contributed by atoms with van der Waals surface area (Å²) in [6, 6.07) is 9.66. The van der Waals surface area contributed by atoms with Crippen LogP contribution in [0, 0.1) is 0 Å². The SMILES string of the molecule is CCn1cc(Br)cc1C(=O)Nc1ccc(CNC)cc1. The Balaban J connectivity index is 2.10. The zero-order valence-electron chi connectivity index (χ0n) is 11.6. The van der Waals surface area contributed by atoms with Crippen LogP contribution in [0.4, 0.5) is 5.69 Å². The highest BCUT2D eigenvalue weighted by Gasteiger charge is 2.12. The van der Waals surface area contributed by atoms with Crippen molar-refractivity contribution in [3.8, 4) is 0 Å². The Kier molecular flexibility index (Phi) is 4.98. The predicted molar refractivity (Wildman–Crippen MR) is 85.0 cm³/mol. The molecule has 0 saturated carbocycles. The first-order chi connectivity index (χ1) is 9.63. The van der Waals surface area contributed by atoms with Crippen molar-refractivity contribution in [2.75, 3.05) is 12.4 Å². The number of carbonyl (C=O) groups is 1. The van der Waals surface area contributed by atoms with E-state index in [2.05, 4.69) is 26.6 Å². The minimum atomic E-state index is -0.0982. The van der Waals surface area contributed by atoms with Crippen molar-refractivity contribution in [2.45, 2.75) is 20.0 Å². The van der Waals surface area contributed by atoms with E-state index >= 15 is 0 Å². The molecule has 106 valence electrons. The average molecular weight is 336 g/mol. The third-order valence-electron chi connectivity index (χ3n) is 3.03. The molecule has 2 N–H and O–H groups in total. The van der Waals surface area contributed by atoms with E-state index in [-0.39, 0.29) is 5.91 Å². The number of hydrogen-bond donors (Lipinski definition) is 2. The smallest absolute Gasteiger partial charge is 0.272 e. The highest BCUT2D eigenvalue weighted by molar-refractivity contribution is 9.10. The van der Waals surface area contributed by atoms with E-state index in [0.717, 1.165) is 23.2 Å². The van der Waals surface area contributed by atoms with Gasteiger partial charge in [-0.25, -0.2) is 0 Å². The molecule has 0 aliphatic carbocycles. The zero-order chi connectivity index (χ0) is 14.5. The van der Waals surface area contributed by atoms with E-state index < -0.39 is 0 Å². The number of benzene rings is 1. The van der Waals surface area contributed by atoms with E-state index in [1.54, 1.807) is 0 Å². The third-order valence-corrected chi connectivity index (χ3v) is 3.46. The number of hydrogen-bond acceptors (Lipinski definition) is 2. The summed E-state index contributed by atoms with van der Waals surface area (Å²) in [6.45, 7) is 3.59. The van der Waals surface area contributed by atoms with Crippen LogP contribution in [0.2, 0.25) is 0 Å². The molecule has 20 heavy (non-hydrogen) atoms. The number of amides is 1. The molecule has 1 aromatic carbocycles. The summed E-state index contributed by atoms with van der Waals surface area (Å²) in [5.74, 6) is -0.0982. The number of aryl methyl sites for hydroxylation is 1. The molecule has 0 radical (unpaired) electrons. The van der Waals surface area contributed by atoms with Gasteiger partial charge < -0.3 is 15.2 Å². The monoisotopic (exact) mass is 335 g/mol. The molecule has 2 aromatic rings. The molecule has 0 bridgehead atoms. The summed E-state index contributed by atoms with van der Waals surface area (Å²) in [4.78, 5) is 12.3. The number of nitrogens with zero attached hydrogens (tertiary/aromatic N) is 1. The Morgan fingerprint density at radius 3 is 2.60 bits per heavy atom. The lowest BCUT2D eigenvalue weighted by atomic mass is 10.2. The summed E-state index contributed by atoms with van der Waals surface area (Å²) >= 11 is 3.40. The largest absolute Gasteiger partial charge is 0.343 e. The van der Waals surface area contributed by atoms with Gasteiger partial charge in [-0.2, -0.15) is 0 Å². The van der Waals surface area contributed by atoms with Crippen molar-refractivity contribution in [2.24, 2.45) is 0 Å². The molecule has 1 amide bonds. The van der Waals surface area contributed by atoms with E-state index in [0.29, 0.717) is 5.69 Å². The maximum Gasteiger partial charge on any atom is 0.272 e. The van der Waals surface area contributed by atoms with Crippen molar-refractivity contribution in [1.82, 2.24) is 9.88 Å². The Labute approximate surface area is 127 Å². The zero-order valence-corrected chi connectivity index (χ0v) is 13.2.